The summed E-state index contributed by atoms with van der Waals surface area (Å²) in [6.45, 7) is 7.12. The third kappa shape index (κ3) is 4.06. The van der Waals surface area contributed by atoms with Crippen LogP contribution in [0.2, 0.25) is 0 Å². The van der Waals surface area contributed by atoms with Gasteiger partial charge in [-0.2, -0.15) is 0 Å². The highest BCUT2D eigenvalue weighted by Crippen LogP contribution is 2.24. The van der Waals surface area contributed by atoms with Crippen molar-refractivity contribution in [1.29, 1.82) is 0 Å². The Bertz CT molecular complexity index is 563. The summed E-state index contributed by atoms with van der Waals surface area (Å²) in [6, 6.07) is 8.15. The Hall–Kier alpha value is -1.63. The molecular formula is C18H26N2O4. The van der Waals surface area contributed by atoms with E-state index >= 15 is 0 Å². The first-order valence-electron chi connectivity index (χ1n) is 8.43. The van der Waals surface area contributed by atoms with Gasteiger partial charge < -0.3 is 19.1 Å². The molecule has 6 nitrogen and oxygen atoms in total. The predicted molar refractivity (Wildman–Crippen MR) is 90.0 cm³/mol. The Kier molecular flexibility index (Phi) is 5.38. The molecule has 1 aromatic carbocycles. The number of nitrogens with zero attached hydrogens (tertiary/aromatic N) is 2. The molecule has 1 atom stereocenters. The molecule has 6 heteroatoms. The summed E-state index contributed by atoms with van der Waals surface area (Å²) in [5.41, 5.74) is 0.818. The monoisotopic (exact) mass is 334 g/mol. The lowest BCUT2D eigenvalue weighted by Gasteiger charge is -2.43. The fourth-order valence-electron chi connectivity index (χ4n) is 3.40. The number of rotatable bonds is 3. The molecule has 0 N–H and O–H groups in total. The average molecular weight is 334 g/mol. The molecule has 2 heterocycles. The largest absolute Gasteiger partial charge is 0.497 e. The van der Waals surface area contributed by atoms with Gasteiger partial charge in [0.2, 0.25) is 5.91 Å². The minimum atomic E-state index is -0.424. The summed E-state index contributed by atoms with van der Waals surface area (Å²) in [5, 5.41) is 0. The van der Waals surface area contributed by atoms with E-state index in [-0.39, 0.29) is 5.91 Å². The van der Waals surface area contributed by atoms with Crippen molar-refractivity contribution < 1.29 is 19.0 Å². The quantitative estimate of drug-likeness (QED) is 0.830. The number of hydrogen-bond donors (Lipinski definition) is 0. The Morgan fingerprint density at radius 2 is 2.00 bits per heavy atom. The van der Waals surface area contributed by atoms with Gasteiger partial charge in [0.15, 0.2) is 0 Å². The predicted octanol–water partition coefficient (Wildman–Crippen LogP) is 1.14. The average Bonchev–Trinajstić information content (AvgIpc) is 2.78. The highest BCUT2D eigenvalue weighted by atomic mass is 16.5. The minimum absolute atomic E-state index is 0.0794. The van der Waals surface area contributed by atoms with E-state index < -0.39 is 5.60 Å². The maximum absolute atomic E-state index is 11.8. The first kappa shape index (κ1) is 17.2. The molecule has 0 saturated carbocycles. The fourth-order valence-corrected chi connectivity index (χ4v) is 3.40. The molecule has 0 aliphatic carbocycles. The summed E-state index contributed by atoms with van der Waals surface area (Å²) in [7, 11) is 1.67. The zero-order chi connectivity index (χ0) is 17.0. The van der Waals surface area contributed by atoms with Crippen molar-refractivity contribution in [3.05, 3.63) is 29.8 Å². The van der Waals surface area contributed by atoms with Crippen LogP contribution in [0.1, 0.15) is 12.5 Å². The normalized spacial score (nSPS) is 25.5. The van der Waals surface area contributed by atoms with Crippen molar-refractivity contribution in [1.82, 2.24) is 9.80 Å². The van der Waals surface area contributed by atoms with Gasteiger partial charge in [-0.3, -0.25) is 9.69 Å². The highest BCUT2D eigenvalue weighted by molar-refractivity contribution is 5.73. The Labute approximate surface area is 143 Å². The lowest BCUT2D eigenvalue weighted by Crippen LogP contribution is -2.58. The second-order valence-electron chi connectivity index (χ2n) is 6.58. The number of methoxy groups -OCH3 is 1. The molecule has 1 spiro atoms. The number of amides is 1. The van der Waals surface area contributed by atoms with E-state index in [4.69, 9.17) is 14.2 Å². The van der Waals surface area contributed by atoms with Crippen molar-refractivity contribution in [3.63, 3.8) is 0 Å². The zero-order valence-corrected chi connectivity index (χ0v) is 14.5. The number of morpholine rings is 1. The van der Waals surface area contributed by atoms with Crippen molar-refractivity contribution in [2.24, 2.45) is 0 Å². The second kappa shape index (κ2) is 7.51. The molecule has 132 valence electrons. The van der Waals surface area contributed by atoms with Gasteiger partial charge in [0, 0.05) is 33.1 Å². The summed E-state index contributed by atoms with van der Waals surface area (Å²) >= 11 is 0. The summed E-state index contributed by atoms with van der Waals surface area (Å²) in [6.07, 6.45) is 0. The molecule has 0 radical (unpaired) electrons. The highest BCUT2D eigenvalue weighted by Gasteiger charge is 2.40. The smallest absolute Gasteiger partial charge is 0.219 e. The molecule has 0 bridgehead atoms. The van der Waals surface area contributed by atoms with Crippen molar-refractivity contribution in [3.8, 4) is 5.75 Å². The minimum Gasteiger partial charge on any atom is -0.497 e. The van der Waals surface area contributed by atoms with E-state index in [0.717, 1.165) is 25.4 Å². The van der Waals surface area contributed by atoms with Crippen LogP contribution in [0.4, 0.5) is 0 Å². The molecule has 24 heavy (non-hydrogen) atoms. The van der Waals surface area contributed by atoms with E-state index in [1.807, 2.05) is 17.0 Å². The third-order valence-corrected chi connectivity index (χ3v) is 4.69. The number of hydrogen-bond acceptors (Lipinski definition) is 5. The van der Waals surface area contributed by atoms with E-state index in [1.54, 1.807) is 14.0 Å². The topological polar surface area (TPSA) is 51.2 Å². The summed E-state index contributed by atoms with van der Waals surface area (Å²) in [4.78, 5) is 16.0. The molecule has 0 aromatic heterocycles. The van der Waals surface area contributed by atoms with Gasteiger partial charge in [-0.25, -0.2) is 0 Å². The fraction of sp³-hybridized carbons (Fsp3) is 0.611. The van der Waals surface area contributed by atoms with Gasteiger partial charge in [-0.1, -0.05) is 12.1 Å². The third-order valence-electron chi connectivity index (χ3n) is 4.69. The van der Waals surface area contributed by atoms with E-state index in [2.05, 4.69) is 17.0 Å². The van der Waals surface area contributed by atoms with Gasteiger partial charge in [0.25, 0.3) is 0 Å². The Balaban J connectivity index is 1.67. The van der Waals surface area contributed by atoms with Crippen molar-refractivity contribution >= 4 is 5.91 Å². The van der Waals surface area contributed by atoms with Gasteiger partial charge >= 0.3 is 0 Å². The SMILES string of the molecule is COc1ccc(CN2CCO[C@@]3(COCCN(C(C)=O)C3)C2)cc1. The van der Waals surface area contributed by atoms with Crippen LogP contribution in [0.25, 0.3) is 0 Å². The molecular weight excluding hydrogens is 308 g/mol. The first-order valence-corrected chi connectivity index (χ1v) is 8.43. The van der Waals surface area contributed by atoms with Gasteiger partial charge in [-0.05, 0) is 17.7 Å². The van der Waals surface area contributed by atoms with Crippen LogP contribution in [0.5, 0.6) is 5.75 Å². The van der Waals surface area contributed by atoms with Crippen LogP contribution in [-0.4, -0.2) is 74.4 Å². The first-order chi connectivity index (χ1) is 11.6. The van der Waals surface area contributed by atoms with Gasteiger partial charge in [-0.15, -0.1) is 0 Å². The summed E-state index contributed by atoms with van der Waals surface area (Å²) in [5.74, 6) is 0.946. The Morgan fingerprint density at radius 3 is 2.71 bits per heavy atom. The molecule has 2 aliphatic heterocycles. The van der Waals surface area contributed by atoms with Crippen LogP contribution in [0, 0.1) is 0 Å². The number of ether oxygens (including phenoxy) is 3. The van der Waals surface area contributed by atoms with Gasteiger partial charge in [0.05, 0.1) is 33.5 Å². The maximum atomic E-state index is 11.8. The van der Waals surface area contributed by atoms with E-state index in [9.17, 15) is 4.79 Å². The van der Waals surface area contributed by atoms with Crippen LogP contribution in [0.15, 0.2) is 24.3 Å². The number of benzene rings is 1. The lowest BCUT2D eigenvalue weighted by atomic mass is 10.0. The molecule has 0 unspecified atom stereocenters. The Morgan fingerprint density at radius 1 is 1.21 bits per heavy atom. The second-order valence-corrected chi connectivity index (χ2v) is 6.58. The van der Waals surface area contributed by atoms with E-state index in [0.29, 0.717) is 32.9 Å². The van der Waals surface area contributed by atoms with Crippen molar-refractivity contribution in [2.75, 3.05) is 53.1 Å². The molecule has 3 rings (SSSR count). The zero-order valence-electron chi connectivity index (χ0n) is 14.5. The maximum Gasteiger partial charge on any atom is 0.219 e. The van der Waals surface area contributed by atoms with Crippen molar-refractivity contribution in [2.45, 2.75) is 19.1 Å². The standard InChI is InChI=1S/C18H26N2O4/c1-15(21)20-8-9-23-14-18(13-20)12-19(7-10-24-18)11-16-3-5-17(22-2)6-4-16/h3-6H,7-14H2,1-2H3/t18-/m0/s1. The molecule has 2 fully saturated rings. The lowest BCUT2D eigenvalue weighted by molar-refractivity contribution is -0.151. The van der Waals surface area contributed by atoms with Crippen LogP contribution in [-0.2, 0) is 20.8 Å². The molecule has 1 aromatic rings. The summed E-state index contributed by atoms with van der Waals surface area (Å²) < 4.78 is 17.0. The van der Waals surface area contributed by atoms with Crippen LogP contribution < -0.4 is 4.74 Å². The molecule has 2 saturated heterocycles. The number of carbonyl (C=O) groups is 1. The molecule has 1 amide bonds. The number of carbonyl (C=O) groups excluding carboxylic acids is 1. The van der Waals surface area contributed by atoms with Crippen LogP contribution >= 0.6 is 0 Å². The van der Waals surface area contributed by atoms with Crippen LogP contribution in [0.3, 0.4) is 0 Å². The van der Waals surface area contributed by atoms with E-state index in [1.165, 1.54) is 5.56 Å². The van der Waals surface area contributed by atoms with Gasteiger partial charge in [0.1, 0.15) is 11.4 Å². The molecule has 2 aliphatic rings.